The predicted molar refractivity (Wildman–Crippen MR) is 341 cm³/mol. The van der Waals surface area contributed by atoms with E-state index < -0.39 is 17.3 Å². The maximum Gasteiger partial charge on any atom is 0.203 e. The fourth-order valence-electron chi connectivity index (χ4n) is 15.6. The van der Waals surface area contributed by atoms with Gasteiger partial charge >= 0.3 is 0 Å². The molecule has 2 radical (unpaired) electrons. The number of allylic oxidation sites excluding steroid dienone is 1. The SMILES string of the molecule is [B]C1(O)C(N2CCN(c3cnc(C(C)C)c(-c4c(CC(C)(C)CCC=C)c5cc(-c6cccc(CC(NC(=C)C(C7CCCC7)N7CCC78CCN(C(=C)N(C)C(C)C7CC7)C8)C(=C)N7CCCCN7)c6)ccc5n4CC)c3)CC2)C1(O)O. The molecule has 5 N–H and O–H groups in total. The number of aryl methyl sites for hydroxylation is 1. The Balaban J connectivity index is 0.899. The van der Waals surface area contributed by atoms with Gasteiger partial charge in [-0.25, -0.2) is 5.43 Å². The number of likely N-dealkylation sites (tertiary alicyclic amines) is 2. The van der Waals surface area contributed by atoms with Gasteiger partial charge < -0.3 is 44.9 Å². The lowest BCUT2D eigenvalue weighted by atomic mass is 9.78. The van der Waals surface area contributed by atoms with Crippen molar-refractivity contribution in [1.82, 2.24) is 44.9 Å². The summed E-state index contributed by atoms with van der Waals surface area (Å²) >= 11 is 0. The van der Waals surface area contributed by atoms with Crippen LogP contribution in [-0.4, -0.2) is 164 Å². The smallest absolute Gasteiger partial charge is 0.203 e. The van der Waals surface area contributed by atoms with E-state index in [9.17, 15) is 15.3 Å². The van der Waals surface area contributed by atoms with E-state index in [0.29, 0.717) is 38.1 Å². The molecule has 7 aliphatic rings. The van der Waals surface area contributed by atoms with E-state index >= 15 is 0 Å². The number of pyridine rings is 1. The summed E-state index contributed by atoms with van der Waals surface area (Å²) in [6.45, 7) is 40.9. The summed E-state index contributed by atoms with van der Waals surface area (Å²) in [4.78, 5) is 17.4. The summed E-state index contributed by atoms with van der Waals surface area (Å²) in [6, 6.07) is 18.6. The van der Waals surface area contributed by atoms with Crippen LogP contribution in [0.15, 0.2) is 104 Å². The highest BCUT2D eigenvalue weighted by Crippen LogP contribution is 2.50. The van der Waals surface area contributed by atoms with Crippen molar-refractivity contribution in [3.8, 4) is 22.4 Å². The van der Waals surface area contributed by atoms with Gasteiger partial charge in [-0.1, -0.05) is 96.7 Å². The van der Waals surface area contributed by atoms with Gasteiger partial charge in [-0.3, -0.25) is 14.8 Å². The molecule has 6 atom stereocenters. The molecule has 4 aliphatic heterocycles. The highest BCUT2D eigenvalue weighted by Gasteiger charge is 2.75. The van der Waals surface area contributed by atoms with Gasteiger partial charge in [0.2, 0.25) is 5.79 Å². The van der Waals surface area contributed by atoms with Gasteiger partial charge in [0.1, 0.15) is 7.85 Å². The molecule has 2 aromatic heterocycles. The van der Waals surface area contributed by atoms with Crippen molar-refractivity contribution in [3.63, 3.8) is 0 Å². The number of aromatic nitrogens is 2. The van der Waals surface area contributed by atoms with E-state index in [1.54, 1.807) is 0 Å². The fraction of sp³-hybridized carbons (Fsp3) is 0.609. The summed E-state index contributed by atoms with van der Waals surface area (Å²) in [5, 5.41) is 39.1. The zero-order chi connectivity index (χ0) is 58.8. The zero-order valence-corrected chi connectivity index (χ0v) is 51.6. The Morgan fingerprint density at radius 2 is 1.63 bits per heavy atom. The number of fused-ring (bicyclic) bond motifs is 1. The Morgan fingerprint density at radius 3 is 2.27 bits per heavy atom. The second kappa shape index (κ2) is 23.6. The van der Waals surface area contributed by atoms with Crippen LogP contribution in [0, 0.1) is 17.3 Å². The van der Waals surface area contributed by atoms with Crippen LogP contribution in [0.4, 0.5) is 5.69 Å². The highest BCUT2D eigenvalue weighted by molar-refractivity contribution is 6.19. The van der Waals surface area contributed by atoms with Crippen LogP contribution in [0.5, 0.6) is 0 Å². The molecule has 0 amide bonds. The van der Waals surface area contributed by atoms with Crippen molar-refractivity contribution < 1.29 is 15.3 Å². The number of hydrazine groups is 1. The van der Waals surface area contributed by atoms with Crippen LogP contribution >= 0.6 is 0 Å². The molecule has 13 nitrogen and oxygen atoms in total. The molecule has 4 aromatic rings. The summed E-state index contributed by atoms with van der Waals surface area (Å²) in [6.07, 6.45) is 20.2. The summed E-state index contributed by atoms with van der Waals surface area (Å²) in [5.74, 6) is 0.435. The van der Waals surface area contributed by atoms with Crippen molar-refractivity contribution in [2.45, 2.75) is 185 Å². The van der Waals surface area contributed by atoms with Crippen LogP contribution in [-0.2, 0) is 19.4 Å². The van der Waals surface area contributed by atoms with E-state index in [1.807, 2.05) is 17.2 Å². The minimum absolute atomic E-state index is 0.0183. The Hall–Kier alpha value is -5.09. The molecule has 6 unspecified atom stereocenters. The molecule has 0 bridgehead atoms. The monoisotopic (exact) mass is 1130 g/mol. The Bertz CT molecular complexity index is 3020. The lowest BCUT2D eigenvalue weighted by molar-refractivity contribution is -0.117. The number of hydrogen-bond donors (Lipinski definition) is 5. The van der Waals surface area contributed by atoms with Crippen LogP contribution in [0.25, 0.3) is 33.3 Å². The summed E-state index contributed by atoms with van der Waals surface area (Å²) in [7, 11) is 8.16. The Labute approximate surface area is 498 Å². The number of anilines is 1. The van der Waals surface area contributed by atoms with Gasteiger partial charge in [0.25, 0.3) is 0 Å². The van der Waals surface area contributed by atoms with Gasteiger partial charge in [-0.15, -0.1) is 6.58 Å². The van der Waals surface area contributed by atoms with Gasteiger partial charge in [0.15, 0.2) is 0 Å². The van der Waals surface area contributed by atoms with Crippen molar-refractivity contribution >= 4 is 24.4 Å². The van der Waals surface area contributed by atoms with E-state index in [4.69, 9.17) is 32.6 Å². The van der Waals surface area contributed by atoms with Gasteiger partial charge in [-0.2, -0.15) is 0 Å². The van der Waals surface area contributed by atoms with Gasteiger partial charge in [0.05, 0.1) is 52.7 Å². The van der Waals surface area contributed by atoms with E-state index in [1.165, 1.54) is 102 Å². The number of benzene rings is 2. The largest absolute Gasteiger partial charge is 0.392 e. The molecule has 6 heterocycles. The van der Waals surface area contributed by atoms with Crippen LogP contribution < -0.4 is 15.6 Å². The first-order valence-electron chi connectivity index (χ1n) is 32.1. The fourth-order valence-corrected chi connectivity index (χ4v) is 15.6. The molecule has 4 saturated heterocycles. The Kier molecular flexibility index (Phi) is 17.0. The molecule has 83 heavy (non-hydrogen) atoms. The lowest BCUT2D eigenvalue weighted by Gasteiger charge is -2.56. The molecule has 2 aromatic carbocycles. The number of nitrogens with zero attached hydrogens (tertiary/aromatic N) is 8. The summed E-state index contributed by atoms with van der Waals surface area (Å²) < 4.78 is 2.52. The van der Waals surface area contributed by atoms with Gasteiger partial charge in [0, 0.05) is 112 Å². The van der Waals surface area contributed by atoms with Crippen LogP contribution in [0.3, 0.4) is 0 Å². The minimum atomic E-state index is -2.32. The molecule has 446 valence electrons. The quantitative estimate of drug-likeness (QED) is 0.0261. The van der Waals surface area contributed by atoms with Crippen LogP contribution in [0.1, 0.15) is 141 Å². The molecule has 7 fully saturated rings. The maximum absolute atomic E-state index is 10.5. The topological polar surface area (TPSA) is 122 Å². The first-order chi connectivity index (χ1) is 39.7. The lowest BCUT2D eigenvalue weighted by Crippen LogP contribution is -2.67. The third kappa shape index (κ3) is 11.6. The second-order valence-electron chi connectivity index (χ2n) is 27.5. The van der Waals surface area contributed by atoms with Crippen LogP contribution in [0.2, 0.25) is 0 Å². The average molecular weight is 1130 g/mol. The van der Waals surface area contributed by atoms with Gasteiger partial charge in [-0.05, 0) is 155 Å². The van der Waals surface area contributed by atoms with E-state index in [-0.39, 0.29) is 29.0 Å². The normalized spacial score (nSPS) is 25.2. The van der Waals surface area contributed by atoms with Crippen molar-refractivity contribution in [1.29, 1.82) is 0 Å². The number of aliphatic hydroxyl groups is 3. The molecular formula is C69H99BN10O3. The standard InChI is InChI=1S/C69H99BN10O3/c1-12-14-28-66(9,10)43-59-57-41-55(26-27-61(57)78(13-2)64(59)58-42-56(44-71-62(58)46(3)4)75-35-37-76(38-36-75)65-68(70,81)69(65,82)83)54-23-19-20-51(39-54)40-60(49(7)80-32-18-17-31-72-80)73-47(5)63(53-21-15-16-22-53)79-34-30-67(79)29-33-77(45-67)50(8)74(11)48(6)52-24-25-52/h12,19-20,23,26-27,39,41-42,44,46,48,52-53,60,63,65,72-73,81-83H,1,5,7-8,13-18,21-22,24-25,28-38,40,43,45H2,2-4,6,9-11H3. The molecule has 14 heteroatoms. The minimum Gasteiger partial charge on any atom is -0.392 e. The first-order valence-corrected chi connectivity index (χ1v) is 32.1. The molecule has 3 aliphatic carbocycles. The van der Waals surface area contributed by atoms with E-state index in [2.05, 4.69) is 144 Å². The number of rotatable bonds is 24. The van der Waals surface area contributed by atoms with Crippen molar-refractivity contribution in [2.24, 2.45) is 17.3 Å². The first kappa shape index (κ1) is 59.6. The molecule has 1 spiro atoms. The third-order valence-corrected chi connectivity index (χ3v) is 21.1. The molecule has 3 saturated carbocycles. The second-order valence-corrected chi connectivity index (χ2v) is 27.5. The number of piperazine rings is 1. The number of hydrogen-bond acceptors (Lipinski definition) is 12. The average Bonchev–Trinajstić information content (AvgIpc) is 2.54. The highest BCUT2D eigenvalue weighted by atomic mass is 16.6. The Morgan fingerprint density at radius 1 is 0.904 bits per heavy atom. The molecule has 11 rings (SSSR count). The zero-order valence-electron chi connectivity index (χ0n) is 51.6. The van der Waals surface area contributed by atoms with Crippen molar-refractivity contribution in [2.75, 3.05) is 70.9 Å². The van der Waals surface area contributed by atoms with E-state index in [0.717, 1.165) is 106 Å². The maximum atomic E-state index is 10.5. The summed E-state index contributed by atoms with van der Waals surface area (Å²) in [5.41, 5.74) is 14.8. The van der Waals surface area contributed by atoms with Crippen molar-refractivity contribution in [3.05, 3.63) is 121 Å². The third-order valence-electron chi connectivity index (χ3n) is 21.1. The predicted octanol–water partition coefficient (Wildman–Crippen LogP) is 10.1. The number of nitrogens with one attached hydrogen (secondary N) is 2. The molecular weight excluding hydrogens is 1030 g/mol.